The Morgan fingerprint density at radius 2 is 1.95 bits per heavy atom. The molecule has 0 saturated carbocycles. The van der Waals surface area contributed by atoms with Gasteiger partial charge in [-0.15, -0.1) is 0 Å². The number of rotatable bonds is 5. The normalized spacial score (nSPS) is 18.2. The molecule has 0 spiro atoms. The zero-order chi connectivity index (χ0) is 13.6. The SMILES string of the molecule is CC(C)(CN1CCCOCC1)NCc1ccccc1. The summed E-state index contributed by atoms with van der Waals surface area (Å²) >= 11 is 0. The highest BCUT2D eigenvalue weighted by Crippen LogP contribution is 2.10. The fourth-order valence-electron chi connectivity index (χ4n) is 2.51. The second kappa shape index (κ2) is 7.04. The van der Waals surface area contributed by atoms with Gasteiger partial charge in [0.05, 0.1) is 6.61 Å². The van der Waals surface area contributed by atoms with Gasteiger partial charge >= 0.3 is 0 Å². The Balaban J connectivity index is 1.80. The molecule has 19 heavy (non-hydrogen) atoms. The van der Waals surface area contributed by atoms with Crippen LogP contribution in [0.5, 0.6) is 0 Å². The van der Waals surface area contributed by atoms with E-state index in [0.717, 1.165) is 45.8 Å². The first-order valence-corrected chi connectivity index (χ1v) is 7.25. The zero-order valence-electron chi connectivity index (χ0n) is 12.2. The Kier molecular flexibility index (Phi) is 5.37. The van der Waals surface area contributed by atoms with Crippen LogP contribution in [0.15, 0.2) is 30.3 Å². The molecule has 1 heterocycles. The molecule has 0 aromatic heterocycles. The van der Waals surface area contributed by atoms with E-state index >= 15 is 0 Å². The molecule has 0 atom stereocenters. The van der Waals surface area contributed by atoms with Crippen molar-refractivity contribution in [3.8, 4) is 0 Å². The van der Waals surface area contributed by atoms with E-state index in [1.165, 1.54) is 5.56 Å². The molecule has 3 heteroatoms. The average molecular weight is 262 g/mol. The van der Waals surface area contributed by atoms with Crippen LogP contribution in [0, 0.1) is 0 Å². The lowest BCUT2D eigenvalue weighted by Crippen LogP contribution is -2.49. The van der Waals surface area contributed by atoms with Gasteiger partial charge in [-0.25, -0.2) is 0 Å². The molecule has 3 nitrogen and oxygen atoms in total. The summed E-state index contributed by atoms with van der Waals surface area (Å²) in [4.78, 5) is 2.50. The van der Waals surface area contributed by atoms with Crippen molar-refractivity contribution in [2.75, 3.05) is 32.8 Å². The highest BCUT2D eigenvalue weighted by Gasteiger charge is 2.21. The fourth-order valence-corrected chi connectivity index (χ4v) is 2.51. The lowest BCUT2D eigenvalue weighted by molar-refractivity contribution is 0.135. The van der Waals surface area contributed by atoms with Crippen molar-refractivity contribution in [3.05, 3.63) is 35.9 Å². The molecule has 0 radical (unpaired) electrons. The van der Waals surface area contributed by atoms with Crippen LogP contribution < -0.4 is 5.32 Å². The number of nitrogens with one attached hydrogen (secondary N) is 1. The summed E-state index contributed by atoms with van der Waals surface area (Å²) in [7, 11) is 0. The van der Waals surface area contributed by atoms with Gasteiger partial charge in [0.15, 0.2) is 0 Å². The maximum absolute atomic E-state index is 5.51. The molecule has 1 N–H and O–H groups in total. The van der Waals surface area contributed by atoms with Gasteiger partial charge in [0.2, 0.25) is 0 Å². The van der Waals surface area contributed by atoms with Crippen LogP contribution >= 0.6 is 0 Å². The van der Waals surface area contributed by atoms with E-state index in [1.54, 1.807) is 0 Å². The van der Waals surface area contributed by atoms with Crippen molar-refractivity contribution >= 4 is 0 Å². The van der Waals surface area contributed by atoms with Crippen molar-refractivity contribution in [2.24, 2.45) is 0 Å². The minimum Gasteiger partial charge on any atom is -0.380 e. The standard InChI is InChI=1S/C16H26N2O/c1-16(2,14-18-9-6-11-19-12-10-18)17-13-15-7-4-3-5-8-15/h3-5,7-8,17H,6,9-14H2,1-2H3. The summed E-state index contributed by atoms with van der Waals surface area (Å²) in [5.74, 6) is 0. The third-order valence-corrected chi connectivity index (χ3v) is 3.55. The van der Waals surface area contributed by atoms with Crippen LogP contribution in [0.1, 0.15) is 25.8 Å². The Labute approximate surface area is 116 Å². The Morgan fingerprint density at radius 1 is 1.16 bits per heavy atom. The summed E-state index contributed by atoms with van der Waals surface area (Å²) in [6.45, 7) is 10.5. The molecule has 1 aromatic rings. The average Bonchev–Trinajstić information content (AvgIpc) is 2.66. The van der Waals surface area contributed by atoms with Crippen molar-refractivity contribution in [3.63, 3.8) is 0 Å². The van der Waals surface area contributed by atoms with Gasteiger partial charge in [-0.2, -0.15) is 0 Å². The zero-order valence-corrected chi connectivity index (χ0v) is 12.2. The van der Waals surface area contributed by atoms with Crippen LogP contribution in [-0.4, -0.2) is 43.3 Å². The summed E-state index contributed by atoms with van der Waals surface area (Å²) in [6, 6.07) is 10.6. The van der Waals surface area contributed by atoms with Gasteiger partial charge in [-0.3, -0.25) is 4.90 Å². The minimum atomic E-state index is 0.125. The van der Waals surface area contributed by atoms with E-state index in [9.17, 15) is 0 Å². The first kappa shape index (κ1) is 14.5. The van der Waals surface area contributed by atoms with Gasteiger partial charge in [0.1, 0.15) is 0 Å². The van der Waals surface area contributed by atoms with E-state index in [1.807, 2.05) is 0 Å². The molecular formula is C16H26N2O. The summed E-state index contributed by atoms with van der Waals surface area (Å²) in [6.07, 6.45) is 1.15. The molecular weight excluding hydrogens is 236 g/mol. The van der Waals surface area contributed by atoms with Crippen LogP contribution in [0.25, 0.3) is 0 Å². The van der Waals surface area contributed by atoms with E-state index in [0.29, 0.717) is 0 Å². The van der Waals surface area contributed by atoms with E-state index in [-0.39, 0.29) is 5.54 Å². The topological polar surface area (TPSA) is 24.5 Å². The van der Waals surface area contributed by atoms with Gasteiger partial charge in [0, 0.05) is 38.3 Å². The highest BCUT2D eigenvalue weighted by atomic mass is 16.5. The Morgan fingerprint density at radius 3 is 2.74 bits per heavy atom. The second-order valence-electron chi connectivity index (χ2n) is 5.97. The van der Waals surface area contributed by atoms with Gasteiger partial charge in [0.25, 0.3) is 0 Å². The summed E-state index contributed by atoms with van der Waals surface area (Å²) < 4.78 is 5.51. The highest BCUT2D eigenvalue weighted by molar-refractivity contribution is 5.14. The maximum atomic E-state index is 5.51. The molecule has 1 aliphatic rings. The summed E-state index contributed by atoms with van der Waals surface area (Å²) in [5, 5.41) is 3.66. The first-order chi connectivity index (χ1) is 9.16. The van der Waals surface area contributed by atoms with Crippen molar-refractivity contribution in [2.45, 2.75) is 32.4 Å². The van der Waals surface area contributed by atoms with E-state index in [4.69, 9.17) is 4.74 Å². The molecule has 0 bridgehead atoms. The smallest absolute Gasteiger partial charge is 0.0593 e. The lowest BCUT2D eigenvalue weighted by atomic mass is 10.0. The number of hydrogen-bond donors (Lipinski definition) is 1. The molecule has 0 unspecified atom stereocenters. The molecule has 106 valence electrons. The van der Waals surface area contributed by atoms with Gasteiger partial charge < -0.3 is 10.1 Å². The molecule has 1 fully saturated rings. The summed E-state index contributed by atoms with van der Waals surface area (Å²) in [5.41, 5.74) is 1.47. The predicted molar refractivity (Wildman–Crippen MR) is 79.2 cm³/mol. The van der Waals surface area contributed by atoms with Gasteiger partial charge in [-0.05, 0) is 25.8 Å². The molecule has 0 amide bonds. The largest absolute Gasteiger partial charge is 0.380 e. The van der Waals surface area contributed by atoms with E-state index in [2.05, 4.69) is 54.4 Å². The van der Waals surface area contributed by atoms with Crippen molar-refractivity contribution < 1.29 is 4.74 Å². The molecule has 2 rings (SSSR count). The first-order valence-electron chi connectivity index (χ1n) is 7.25. The van der Waals surface area contributed by atoms with Crippen LogP contribution in [0.3, 0.4) is 0 Å². The van der Waals surface area contributed by atoms with Crippen molar-refractivity contribution in [1.29, 1.82) is 0 Å². The molecule has 1 aliphatic heterocycles. The Bertz CT molecular complexity index is 356. The minimum absolute atomic E-state index is 0.125. The third-order valence-electron chi connectivity index (χ3n) is 3.55. The fraction of sp³-hybridized carbons (Fsp3) is 0.625. The molecule has 1 saturated heterocycles. The van der Waals surface area contributed by atoms with Gasteiger partial charge in [-0.1, -0.05) is 30.3 Å². The quantitative estimate of drug-likeness (QED) is 0.881. The number of ether oxygens (including phenoxy) is 1. The second-order valence-corrected chi connectivity index (χ2v) is 5.97. The Hall–Kier alpha value is -0.900. The number of benzene rings is 1. The van der Waals surface area contributed by atoms with Crippen LogP contribution in [-0.2, 0) is 11.3 Å². The molecule has 1 aromatic carbocycles. The monoisotopic (exact) mass is 262 g/mol. The lowest BCUT2D eigenvalue weighted by Gasteiger charge is -2.33. The maximum Gasteiger partial charge on any atom is 0.0593 e. The van der Waals surface area contributed by atoms with E-state index < -0.39 is 0 Å². The van der Waals surface area contributed by atoms with Crippen LogP contribution in [0.2, 0.25) is 0 Å². The number of hydrogen-bond acceptors (Lipinski definition) is 3. The predicted octanol–water partition coefficient (Wildman–Crippen LogP) is 2.28. The third kappa shape index (κ3) is 5.31. The van der Waals surface area contributed by atoms with Crippen LogP contribution in [0.4, 0.5) is 0 Å². The number of nitrogens with zero attached hydrogens (tertiary/aromatic N) is 1. The molecule has 0 aliphatic carbocycles. The van der Waals surface area contributed by atoms with Crippen molar-refractivity contribution in [1.82, 2.24) is 10.2 Å².